The Morgan fingerprint density at radius 1 is 0.925 bits per heavy atom. The number of hydrogen-bond acceptors (Lipinski definition) is 4. The molecule has 0 radical (unpaired) electrons. The van der Waals surface area contributed by atoms with Gasteiger partial charge in [0.15, 0.2) is 0 Å². The molecule has 0 saturated heterocycles. The molecule has 1 heterocycles. The molecular formula is C26H22F7N3O3S. The topological polar surface area (TPSA) is 88.2 Å². The second-order valence-corrected chi connectivity index (χ2v) is 10.4. The summed E-state index contributed by atoms with van der Waals surface area (Å²) in [5.74, 6) is -2.33. The van der Waals surface area contributed by atoms with Gasteiger partial charge in [-0.05, 0) is 53.8 Å². The van der Waals surface area contributed by atoms with Crippen LogP contribution >= 0.6 is 0 Å². The number of amides is 1. The minimum absolute atomic E-state index is 0.0774. The Balaban J connectivity index is 1.78. The molecule has 3 aromatic rings. The molecule has 0 unspecified atom stereocenters. The van der Waals surface area contributed by atoms with Crippen molar-refractivity contribution in [2.45, 2.75) is 31.7 Å². The maximum absolute atomic E-state index is 14.4. The largest absolute Gasteiger partial charge is 0.433 e. The van der Waals surface area contributed by atoms with E-state index in [1.165, 1.54) is 10.8 Å². The highest BCUT2D eigenvalue weighted by molar-refractivity contribution is 7.92. The first-order chi connectivity index (χ1) is 18.5. The number of aryl methyl sites for hydroxylation is 2. The maximum Gasteiger partial charge on any atom is 0.433 e. The molecule has 0 bridgehead atoms. The summed E-state index contributed by atoms with van der Waals surface area (Å²) in [4.78, 5) is 16.0. The first-order valence-electron chi connectivity index (χ1n) is 11.5. The van der Waals surface area contributed by atoms with Gasteiger partial charge in [0.1, 0.15) is 11.5 Å². The van der Waals surface area contributed by atoms with E-state index >= 15 is 0 Å². The van der Waals surface area contributed by atoms with Crippen LogP contribution in [0.1, 0.15) is 33.6 Å². The van der Waals surface area contributed by atoms with Crippen LogP contribution in [-0.4, -0.2) is 25.6 Å². The summed E-state index contributed by atoms with van der Waals surface area (Å²) in [6.07, 6.45) is -6.56. The molecule has 2 N–H and O–H groups in total. The zero-order valence-corrected chi connectivity index (χ0v) is 21.5. The molecule has 2 aromatic carbocycles. The van der Waals surface area contributed by atoms with E-state index in [2.05, 4.69) is 10.3 Å². The predicted octanol–water partition coefficient (Wildman–Crippen LogP) is 5.74. The molecule has 40 heavy (non-hydrogen) atoms. The number of pyridine rings is 1. The summed E-state index contributed by atoms with van der Waals surface area (Å²) in [6.45, 7) is -0.561. The van der Waals surface area contributed by atoms with Crippen molar-refractivity contribution in [3.8, 4) is 0 Å². The summed E-state index contributed by atoms with van der Waals surface area (Å²) in [5, 5.41) is 2.26. The number of anilines is 1. The Morgan fingerprint density at radius 2 is 1.60 bits per heavy atom. The van der Waals surface area contributed by atoms with Gasteiger partial charge in [0.25, 0.3) is 0 Å². The lowest BCUT2D eigenvalue weighted by molar-refractivity contribution is -0.141. The Kier molecular flexibility index (Phi) is 9.23. The lowest BCUT2D eigenvalue weighted by atomic mass is 10.0. The standard InChI is InChI=1S/C26H22F7N3O3S/c1-40(38,39)36-24-19(25(28,29)30)13-17(14-20(24)27)15-34-23(37)12-9-18-8-11-22(26(31,32)33)35-21(18)10-7-16-5-3-2-4-6-16/h2-6,8-9,11-14,36H,7,10,15H2,1H3,(H,34,37)/b12-9+. The fraction of sp³-hybridized carbons (Fsp3) is 0.231. The number of benzene rings is 2. The third-order valence-electron chi connectivity index (χ3n) is 5.42. The molecule has 3 rings (SSSR count). The van der Waals surface area contributed by atoms with Crippen LogP contribution in [0.25, 0.3) is 6.08 Å². The van der Waals surface area contributed by atoms with Crippen molar-refractivity contribution in [2.24, 2.45) is 0 Å². The molecule has 0 spiro atoms. The summed E-state index contributed by atoms with van der Waals surface area (Å²) < 4.78 is 118. The lowest BCUT2D eigenvalue weighted by Crippen LogP contribution is -2.22. The average molecular weight is 590 g/mol. The molecule has 6 nitrogen and oxygen atoms in total. The maximum atomic E-state index is 14.4. The van der Waals surface area contributed by atoms with Crippen molar-refractivity contribution in [3.63, 3.8) is 0 Å². The molecule has 0 fully saturated rings. The van der Waals surface area contributed by atoms with Crippen LogP contribution in [0.5, 0.6) is 0 Å². The van der Waals surface area contributed by atoms with Crippen LogP contribution in [-0.2, 0) is 46.6 Å². The highest BCUT2D eigenvalue weighted by atomic mass is 32.2. The van der Waals surface area contributed by atoms with Crippen LogP contribution < -0.4 is 10.0 Å². The van der Waals surface area contributed by atoms with Crippen molar-refractivity contribution in [3.05, 3.63) is 100 Å². The second kappa shape index (κ2) is 12.1. The predicted molar refractivity (Wildman–Crippen MR) is 134 cm³/mol. The molecule has 214 valence electrons. The van der Waals surface area contributed by atoms with E-state index < -0.39 is 57.6 Å². The van der Waals surface area contributed by atoms with Gasteiger partial charge in [-0.15, -0.1) is 0 Å². The van der Waals surface area contributed by atoms with Crippen LogP contribution in [0.3, 0.4) is 0 Å². The van der Waals surface area contributed by atoms with Crippen molar-refractivity contribution in [1.82, 2.24) is 10.3 Å². The summed E-state index contributed by atoms with van der Waals surface area (Å²) in [6, 6.07) is 12.0. The number of hydrogen-bond donors (Lipinski definition) is 2. The Hall–Kier alpha value is -3.94. The van der Waals surface area contributed by atoms with E-state index in [0.29, 0.717) is 24.8 Å². The normalized spacial score (nSPS) is 12.5. The molecular weight excluding hydrogens is 567 g/mol. The fourth-order valence-electron chi connectivity index (χ4n) is 3.62. The Morgan fingerprint density at radius 3 is 2.20 bits per heavy atom. The number of sulfonamides is 1. The minimum Gasteiger partial charge on any atom is -0.348 e. The molecule has 0 aliphatic rings. The molecule has 1 amide bonds. The molecule has 1 aromatic heterocycles. The van der Waals surface area contributed by atoms with Gasteiger partial charge in [-0.25, -0.2) is 17.8 Å². The third-order valence-corrected chi connectivity index (χ3v) is 5.99. The smallest absolute Gasteiger partial charge is 0.348 e. The number of carbonyl (C=O) groups excluding carboxylic acids is 1. The first kappa shape index (κ1) is 30.6. The van der Waals surface area contributed by atoms with Crippen molar-refractivity contribution < 1.29 is 43.9 Å². The lowest BCUT2D eigenvalue weighted by Gasteiger charge is -2.16. The quantitative estimate of drug-likeness (QED) is 0.246. The number of carbonyl (C=O) groups is 1. The molecule has 0 aliphatic carbocycles. The molecule has 14 heteroatoms. The van der Waals surface area contributed by atoms with Gasteiger partial charge in [-0.3, -0.25) is 9.52 Å². The van der Waals surface area contributed by atoms with Crippen LogP contribution in [0.4, 0.5) is 36.4 Å². The van der Waals surface area contributed by atoms with Gasteiger partial charge in [-0.1, -0.05) is 36.4 Å². The first-order valence-corrected chi connectivity index (χ1v) is 13.4. The number of nitrogens with zero attached hydrogens (tertiary/aromatic N) is 1. The van der Waals surface area contributed by atoms with Gasteiger partial charge in [0.2, 0.25) is 15.9 Å². The minimum atomic E-state index is -5.11. The summed E-state index contributed by atoms with van der Waals surface area (Å²) in [7, 11) is -4.23. The van der Waals surface area contributed by atoms with Crippen LogP contribution in [0, 0.1) is 5.82 Å². The van der Waals surface area contributed by atoms with Gasteiger partial charge in [-0.2, -0.15) is 26.3 Å². The van der Waals surface area contributed by atoms with E-state index in [9.17, 15) is 43.9 Å². The third kappa shape index (κ3) is 8.79. The van der Waals surface area contributed by atoms with Gasteiger partial charge in [0, 0.05) is 18.3 Å². The molecule has 0 saturated carbocycles. The van der Waals surface area contributed by atoms with Crippen molar-refractivity contribution in [1.29, 1.82) is 0 Å². The summed E-state index contributed by atoms with van der Waals surface area (Å²) in [5.41, 5.74) is -3.12. The number of aromatic nitrogens is 1. The van der Waals surface area contributed by atoms with Crippen LogP contribution in [0.15, 0.2) is 60.7 Å². The highest BCUT2D eigenvalue weighted by Gasteiger charge is 2.36. The number of halogens is 7. The van der Waals surface area contributed by atoms with E-state index in [1.54, 1.807) is 30.3 Å². The monoisotopic (exact) mass is 589 g/mol. The van der Waals surface area contributed by atoms with E-state index in [4.69, 9.17) is 0 Å². The molecule has 0 atom stereocenters. The Bertz CT molecular complexity index is 1500. The SMILES string of the molecule is CS(=O)(=O)Nc1c(F)cc(CNC(=O)/C=C/c2ccc(C(F)(F)F)nc2CCc2ccccc2)cc1C(F)(F)F. The number of rotatable bonds is 9. The van der Waals surface area contributed by atoms with E-state index in [1.807, 2.05) is 0 Å². The fourth-order valence-corrected chi connectivity index (χ4v) is 4.20. The van der Waals surface area contributed by atoms with Gasteiger partial charge in [0.05, 0.1) is 17.5 Å². The van der Waals surface area contributed by atoms with Gasteiger partial charge >= 0.3 is 12.4 Å². The van der Waals surface area contributed by atoms with Crippen LogP contribution in [0.2, 0.25) is 0 Å². The second-order valence-electron chi connectivity index (χ2n) is 8.64. The average Bonchev–Trinajstić information content (AvgIpc) is 2.85. The van der Waals surface area contributed by atoms with Crippen molar-refractivity contribution in [2.75, 3.05) is 11.0 Å². The highest BCUT2D eigenvalue weighted by Crippen LogP contribution is 2.37. The number of alkyl halides is 6. The molecule has 0 aliphatic heterocycles. The number of nitrogens with one attached hydrogen (secondary N) is 2. The van der Waals surface area contributed by atoms with Crippen molar-refractivity contribution >= 4 is 27.7 Å². The Labute approximate surface area is 225 Å². The zero-order chi connectivity index (χ0) is 29.7. The summed E-state index contributed by atoms with van der Waals surface area (Å²) >= 11 is 0. The zero-order valence-electron chi connectivity index (χ0n) is 20.7. The van der Waals surface area contributed by atoms with E-state index in [0.717, 1.165) is 23.8 Å². The van der Waals surface area contributed by atoms with E-state index in [-0.39, 0.29) is 23.2 Å². The van der Waals surface area contributed by atoms with Gasteiger partial charge < -0.3 is 5.32 Å².